The van der Waals surface area contributed by atoms with Crippen molar-refractivity contribution in [2.24, 2.45) is 0 Å². The van der Waals surface area contributed by atoms with E-state index in [1.807, 2.05) is 0 Å². The molecule has 4 heteroatoms. The van der Waals surface area contributed by atoms with Crippen LogP contribution in [-0.4, -0.2) is 25.2 Å². The molecule has 0 aromatic carbocycles. The number of ether oxygens (including phenoxy) is 2. The summed E-state index contributed by atoms with van der Waals surface area (Å²) in [6.45, 7) is 6.17. The first kappa shape index (κ1) is 15.7. The standard InChI is InChI=1S/C13H22O4/c1-4-7-8-9-11(13(15)17-6-3)10-12(14)16-5-2/h10H,4-9H2,1-3H3/b11-10+. The third-order valence-electron chi connectivity index (χ3n) is 2.17. The molecular weight excluding hydrogens is 220 g/mol. The Morgan fingerprint density at radius 1 is 1.00 bits per heavy atom. The number of carbonyl (C=O) groups is 2. The number of rotatable bonds is 8. The molecule has 4 nitrogen and oxygen atoms in total. The van der Waals surface area contributed by atoms with Crippen LogP contribution in [0.4, 0.5) is 0 Å². The Hall–Kier alpha value is -1.32. The maximum atomic E-state index is 11.6. The van der Waals surface area contributed by atoms with Gasteiger partial charge in [0.05, 0.1) is 13.2 Å². The average Bonchev–Trinajstić information content (AvgIpc) is 2.28. The topological polar surface area (TPSA) is 52.6 Å². The van der Waals surface area contributed by atoms with Crippen molar-refractivity contribution in [2.45, 2.75) is 46.5 Å². The van der Waals surface area contributed by atoms with Crippen molar-refractivity contribution < 1.29 is 19.1 Å². The van der Waals surface area contributed by atoms with Crippen molar-refractivity contribution >= 4 is 11.9 Å². The van der Waals surface area contributed by atoms with Crippen molar-refractivity contribution in [3.8, 4) is 0 Å². The van der Waals surface area contributed by atoms with Gasteiger partial charge < -0.3 is 9.47 Å². The molecule has 0 aliphatic carbocycles. The molecule has 0 aromatic heterocycles. The predicted molar refractivity (Wildman–Crippen MR) is 65.5 cm³/mol. The third-order valence-corrected chi connectivity index (χ3v) is 2.17. The van der Waals surface area contributed by atoms with Crippen LogP contribution in [0.15, 0.2) is 11.6 Å². The molecule has 0 aliphatic rings. The SMILES string of the molecule is CCCCC/C(=C\C(=O)OCC)C(=O)OCC. The van der Waals surface area contributed by atoms with Crippen LogP contribution in [0, 0.1) is 0 Å². The van der Waals surface area contributed by atoms with E-state index in [4.69, 9.17) is 9.47 Å². The molecule has 98 valence electrons. The van der Waals surface area contributed by atoms with E-state index in [0.717, 1.165) is 19.3 Å². The van der Waals surface area contributed by atoms with Crippen molar-refractivity contribution in [3.05, 3.63) is 11.6 Å². The zero-order valence-electron chi connectivity index (χ0n) is 11.0. The number of unbranched alkanes of at least 4 members (excludes halogenated alkanes) is 2. The maximum Gasteiger partial charge on any atom is 0.334 e. The van der Waals surface area contributed by atoms with Gasteiger partial charge in [0.2, 0.25) is 0 Å². The summed E-state index contributed by atoms with van der Waals surface area (Å²) in [7, 11) is 0. The number of hydrogen-bond acceptors (Lipinski definition) is 4. The van der Waals surface area contributed by atoms with Crippen molar-refractivity contribution in [3.63, 3.8) is 0 Å². The molecule has 0 spiro atoms. The minimum absolute atomic E-state index is 0.306. The van der Waals surface area contributed by atoms with Gasteiger partial charge in [-0.2, -0.15) is 0 Å². The highest BCUT2D eigenvalue weighted by molar-refractivity contribution is 5.96. The molecular formula is C13H22O4. The molecule has 0 N–H and O–H groups in total. The Balaban J connectivity index is 4.47. The monoisotopic (exact) mass is 242 g/mol. The second kappa shape index (κ2) is 9.87. The molecule has 0 radical (unpaired) electrons. The number of hydrogen-bond donors (Lipinski definition) is 0. The van der Waals surface area contributed by atoms with Gasteiger partial charge in [0.1, 0.15) is 0 Å². The van der Waals surface area contributed by atoms with Gasteiger partial charge in [0.15, 0.2) is 0 Å². The Kier molecular flexibility index (Phi) is 9.11. The van der Waals surface area contributed by atoms with Gasteiger partial charge in [-0.25, -0.2) is 9.59 Å². The first-order valence-electron chi connectivity index (χ1n) is 6.20. The summed E-state index contributed by atoms with van der Waals surface area (Å²) in [5, 5.41) is 0. The summed E-state index contributed by atoms with van der Waals surface area (Å²) in [5.74, 6) is -0.899. The fraction of sp³-hybridized carbons (Fsp3) is 0.692. The van der Waals surface area contributed by atoms with Crippen LogP contribution in [0.3, 0.4) is 0 Å². The lowest BCUT2D eigenvalue weighted by molar-refractivity contribution is -0.141. The van der Waals surface area contributed by atoms with Crippen LogP contribution in [0.2, 0.25) is 0 Å². The van der Waals surface area contributed by atoms with Gasteiger partial charge in [-0.1, -0.05) is 19.8 Å². The van der Waals surface area contributed by atoms with E-state index in [-0.39, 0.29) is 0 Å². The Morgan fingerprint density at radius 2 is 1.65 bits per heavy atom. The molecule has 0 amide bonds. The van der Waals surface area contributed by atoms with E-state index < -0.39 is 11.9 Å². The van der Waals surface area contributed by atoms with E-state index >= 15 is 0 Å². The number of carbonyl (C=O) groups excluding carboxylic acids is 2. The Morgan fingerprint density at radius 3 is 2.18 bits per heavy atom. The molecule has 0 saturated carbocycles. The zero-order chi connectivity index (χ0) is 13.1. The lowest BCUT2D eigenvalue weighted by Gasteiger charge is -2.06. The lowest BCUT2D eigenvalue weighted by Crippen LogP contribution is -2.11. The summed E-state index contributed by atoms with van der Waals surface area (Å²) < 4.78 is 9.68. The average molecular weight is 242 g/mol. The second-order valence-corrected chi connectivity index (χ2v) is 3.60. The maximum absolute atomic E-state index is 11.6. The second-order valence-electron chi connectivity index (χ2n) is 3.60. The summed E-state index contributed by atoms with van der Waals surface area (Å²) in [6, 6.07) is 0. The molecule has 0 bridgehead atoms. The Bertz CT molecular complexity index is 269. The highest BCUT2D eigenvalue weighted by Crippen LogP contribution is 2.11. The van der Waals surface area contributed by atoms with E-state index in [2.05, 4.69) is 6.92 Å². The van der Waals surface area contributed by atoms with Gasteiger partial charge >= 0.3 is 11.9 Å². The molecule has 0 fully saturated rings. The van der Waals surface area contributed by atoms with Crippen LogP contribution < -0.4 is 0 Å². The smallest absolute Gasteiger partial charge is 0.334 e. The van der Waals surface area contributed by atoms with Crippen molar-refractivity contribution in [1.82, 2.24) is 0 Å². The third kappa shape index (κ3) is 7.55. The molecule has 0 saturated heterocycles. The highest BCUT2D eigenvalue weighted by Gasteiger charge is 2.12. The summed E-state index contributed by atoms with van der Waals surface area (Å²) in [4.78, 5) is 22.9. The molecule has 0 aromatic rings. The van der Waals surface area contributed by atoms with Crippen LogP contribution in [-0.2, 0) is 19.1 Å². The molecule has 0 rings (SSSR count). The van der Waals surface area contributed by atoms with E-state index in [1.165, 1.54) is 6.08 Å². The lowest BCUT2D eigenvalue weighted by atomic mass is 10.1. The summed E-state index contributed by atoms with van der Waals surface area (Å²) in [5.41, 5.74) is 0.402. The van der Waals surface area contributed by atoms with Gasteiger partial charge in [0.25, 0.3) is 0 Å². The largest absolute Gasteiger partial charge is 0.463 e. The number of esters is 2. The van der Waals surface area contributed by atoms with Crippen LogP contribution >= 0.6 is 0 Å². The van der Waals surface area contributed by atoms with Crippen LogP contribution in [0.25, 0.3) is 0 Å². The summed E-state index contributed by atoms with van der Waals surface area (Å²) in [6.07, 6.45) is 4.78. The first-order chi connectivity index (χ1) is 8.15. The van der Waals surface area contributed by atoms with Crippen LogP contribution in [0.5, 0.6) is 0 Å². The van der Waals surface area contributed by atoms with E-state index in [9.17, 15) is 9.59 Å². The summed E-state index contributed by atoms with van der Waals surface area (Å²) >= 11 is 0. The van der Waals surface area contributed by atoms with Gasteiger partial charge in [-0.05, 0) is 26.7 Å². The van der Waals surface area contributed by atoms with Gasteiger partial charge in [0, 0.05) is 11.6 Å². The predicted octanol–water partition coefficient (Wildman–Crippen LogP) is 2.62. The zero-order valence-corrected chi connectivity index (χ0v) is 11.0. The van der Waals surface area contributed by atoms with Crippen molar-refractivity contribution in [1.29, 1.82) is 0 Å². The van der Waals surface area contributed by atoms with E-state index in [1.54, 1.807) is 13.8 Å². The molecule has 0 heterocycles. The quantitative estimate of drug-likeness (QED) is 0.373. The van der Waals surface area contributed by atoms with E-state index in [0.29, 0.717) is 25.2 Å². The minimum Gasteiger partial charge on any atom is -0.463 e. The van der Waals surface area contributed by atoms with Crippen molar-refractivity contribution in [2.75, 3.05) is 13.2 Å². The first-order valence-corrected chi connectivity index (χ1v) is 6.20. The van der Waals surface area contributed by atoms with Gasteiger partial charge in [-0.15, -0.1) is 0 Å². The fourth-order valence-electron chi connectivity index (χ4n) is 1.35. The fourth-order valence-corrected chi connectivity index (χ4v) is 1.35. The molecule has 0 aliphatic heterocycles. The molecule has 0 unspecified atom stereocenters. The molecule has 0 atom stereocenters. The molecule has 17 heavy (non-hydrogen) atoms. The minimum atomic E-state index is -0.480. The normalized spacial score (nSPS) is 11.1. The van der Waals surface area contributed by atoms with Crippen LogP contribution in [0.1, 0.15) is 46.5 Å². The van der Waals surface area contributed by atoms with Gasteiger partial charge in [-0.3, -0.25) is 0 Å². The Labute approximate surface area is 103 Å². The highest BCUT2D eigenvalue weighted by atomic mass is 16.5.